The highest BCUT2D eigenvalue weighted by Crippen LogP contribution is 2.19. The predicted octanol–water partition coefficient (Wildman–Crippen LogP) is 2.86. The van der Waals surface area contributed by atoms with E-state index in [0.29, 0.717) is 11.5 Å². The molecule has 0 aliphatic heterocycles. The Labute approximate surface area is 95.0 Å². The molecule has 5 heteroatoms. The van der Waals surface area contributed by atoms with Crippen LogP contribution >= 0.6 is 11.8 Å². The van der Waals surface area contributed by atoms with E-state index >= 15 is 0 Å². The van der Waals surface area contributed by atoms with Crippen molar-refractivity contribution in [2.75, 3.05) is 18.2 Å². The van der Waals surface area contributed by atoms with E-state index in [-0.39, 0.29) is 12.7 Å². The van der Waals surface area contributed by atoms with Crippen molar-refractivity contribution in [3.05, 3.63) is 0 Å². The van der Waals surface area contributed by atoms with Crippen molar-refractivity contribution in [3.63, 3.8) is 0 Å². The van der Waals surface area contributed by atoms with E-state index in [4.69, 9.17) is 5.11 Å². The van der Waals surface area contributed by atoms with E-state index < -0.39 is 11.6 Å². The number of halogens is 1. The van der Waals surface area contributed by atoms with Gasteiger partial charge in [0.2, 0.25) is 0 Å². The van der Waals surface area contributed by atoms with Crippen molar-refractivity contribution in [3.8, 4) is 0 Å². The zero-order valence-electron chi connectivity index (χ0n) is 9.79. The molecule has 1 N–H and O–H groups in total. The molecule has 1 atom stereocenters. The summed E-state index contributed by atoms with van der Waals surface area (Å²) in [6.07, 6.45) is -0.921. The summed E-state index contributed by atoms with van der Waals surface area (Å²) >= 11 is 1.44. The van der Waals surface area contributed by atoms with E-state index in [2.05, 4.69) is 0 Å². The minimum atomic E-state index is -0.921. The van der Waals surface area contributed by atoms with Gasteiger partial charge in [0.15, 0.2) is 0 Å². The van der Waals surface area contributed by atoms with Crippen molar-refractivity contribution in [1.29, 1.82) is 0 Å². The number of alkyl halides is 1. The van der Waals surface area contributed by atoms with Gasteiger partial charge in [0.1, 0.15) is 0 Å². The summed E-state index contributed by atoms with van der Waals surface area (Å²) in [7, 11) is 0. The first-order chi connectivity index (χ1) is 6.80. The normalized spacial score (nSPS) is 13.7. The molecule has 0 saturated carbocycles. The van der Waals surface area contributed by atoms with Gasteiger partial charge in [-0.3, -0.25) is 9.29 Å². The molecule has 0 aliphatic carbocycles. The second-order valence-corrected chi connectivity index (χ2v) is 5.59. The van der Waals surface area contributed by atoms with E-state index in [0.717, 1.165) is 0 Å². The molecule has 1 amide bonds. The van der Waals surface area contributed by atoms with Gasteiger partial charge in [-0.2, -0.15) is 11.8 Å². The molecular weight excluding hydrogens is 217 g/mol. The monoisotopic (exact) mass is 237 g/mol. The highest BCUT2D eigenvalue weighted by atomic mass is 32.2. The molecule has 0 aliphatic rings. The molecule has 0 bridgehead atoms. The van der Waals surface area contributed by atoms with Crippen LogP contribution in [0.25, 0.3) is 0 Å². The van der Waals surface area contributed by atoms with Crippen molar-refractivity contribution < 1.29 is 14.3 Å². The lowest BCUT2D eigenvalue weighted by Crippen LogP contribution is -2.51. The zero-order valence-corrected chi connectivity index (χ0v) is 10.6. The van der Waals surface area contributed by atoms with Crippen LogP contribution in [0.4, 0.5) is 9.18 Å². The van der Waals surface area contributed by atoms with Crippen molar-refractivity contribution in [2.45, 2.75) is 39.3 Å². The standard InChI is InChI=1S/C10H20FNO2S/c1-8(7-15-6-5-11)12(9(13)14)10(2,3)4/h8H,5-7H2,1-4H3,(H,13,14). The minimum Gasteiger partial charge on any atom is -0.465 e. The molecule has 0 spiro atoms. The van der Waals surface area contributed by atoms with Gasteiger partial charge >= 0.3 is 6.09 Å². The average molecular weight is 237 g/mol. The Kier molecular flexibility index (Phi) is 6.02. The van der Waals surface area contributed by atoms with Crippen LogP contribution in [-0.4, -0.2) is 45.9 Å². The van der Waals surface area contributed by atoms with Crippen LogP contribution in [0.2, 0.25) is 0 Å². The molecule has 0 aromatic carbocycles. The fraction of sp³-hybridized carbons (Fsp3) is 0.900. The maximum atomic E-state index is 11.9. The van der Waals surface area contributed by atoms with Gasteiger partial charge in [-0.1, -0.05) is 0 Å². The average Bonchev–Trinajstić information content (AvgIpc) is 2.00. The summed E-state index contributed by atoms with van der Waals surface area (Å²) in [5.41, 5.74) is -0.415. The first-order valence-electron chi connectivity index (χ1n) is 4.96. The second kappa shape index (κ2) is 6.20. The maximum absolute atomic E-state index is 11.9. The zero-order chi connectivity index (χ0) is 12.1. The van der Waals surface area contributed by atoms with Gasteiger partial charge in [-0.05, 0) is 27.7 Å². The molecule has 0 aromatic heterocycles. The van der Waals surface area contributed by atoms with Crippen LogP contribution < -0.4 is 0 Å². The second-order valence-electron chi connectivity index (χ2n) is 4.44. The lowest BCUT2D eigenvalue weighted by molar-refractivity contribution is 0.0819. The number of amides is 1. The van der Waals surface area contributed by atoms with Gasteiger partial charge in [-0.15, -0.1) is 0 Å². The van der Waals surface area contributed by atoms with Gasteiger partial charge in [-0.25, -0.2) is 4.79 Å². The summed E-state index contributed by atoms with van der Waals surface area (Å²) in [6, 6.07) is -0.0981. The largest absolute Gasteiger partial charge is 0.465 e. The summed E-state index contributed by atoms with van der Waals surface area (Å²) in [6.45, 7) is 7.07. The Balaban J connectivity index is 4.31. The number of rotatable bonds is 5. The Morgan fingerprint density at radius 2 is 2.07 bits per heavy atom. The van der Waals surface area contributed by atoms with E-state index in [1.165, 1.54) is 16.7 Å². The Bertz CT molecular complexity index is 206. The topological polar surface area (TPSA) is 40.5 Å². The number of hydrogen-bond acceptors (Lipinski definition) is 2. The molecule has 3 nitrogen and oxygen atoms in total. The number of carbonyl (C=O) groups is 1. The van der Waals surface area contributed by atoms with Crippen LogP contribution in [0.1, 0.15) is 27.7 Å². The van der Waals surface area contributed by atoms with Crippen LogP contribution in [0.3, 0.4) is 0 Å². The number of hydrogen-bond donors (Lipinski definition) is 1. The van der Waals surface area contributed by atoms with Crippen LogP contribution in [0, 0.1) is 0 Å². The molecule has 0 aromatic rings. The molecule has 90 valence electrons. The first-order valence-corrected chi connectivity index (χ1v) is 6.12. The lowest BCUT2D eigenvalue weighted by Gasteiger charge is -2.37. The van der Waals surface area contributed by atoms with Crippen molar-refractivity contribution >= 4 is 17.9 Å². The van der Waals surface area contributed by atoms with Gasteiger partial charge in [0.25, 0.3) is 0 Å². The van der Waals surface area contributed by atoms with Gasteiger partial charge < -0.3 is 5.11 Å². The highest BCUT2D eigenvalue weighted by Gasteiger charge is 2.30. The minimum absolute atomic E-state index is 0.0981. The first kappa shape index (κ1) is 14.6. The fourth-order valence-corrected chi connectivity index (χ4v) is 2.29. The number of carboxylic acid groups (broad SMARTS) is 1. The lowest BCUT2D eigenvalue weighted by atomic mass is 10.0. The van der Waals surface area contributed by atoms with E-state index in [1.807, 2.05) is 27.7 Å². The quantitative estimate of drug-likeness (QED) is 0.747. The van der Waals surface area contributed by atoms with Gasteiger partial charge in [0.05, 0.1) is 6.67 Å². The SMILES string of the molecule is CC(CSCCF)N(C(=O)O)C(C)(C)C. The Morgan fingerprint density at radius 3 is 2.40 bits per heavy atom. The summed E-state index contributed by atoms with van der Waals surface area (Å²) in [5.74, 6) is 1.06. The predicted molar refractivity (Wildman–Crippen MR) is 62.4 cm³/mol. The maximum Gasteiger partial charge on any atom is 0.407 e. The summed E-state index contributed by atoms with van der Waals surface area (Å²) in [4.78, 5) is 12.5. The summed E-state index contributed by atoms with van der Waals surface area (Å²) in [5, 5.41) is 9.08. The van der Waals surface area contributed by atoms with Crippen LogP contribution in [0.5, 0.6) is 0 Å². The molecule has 15 heavy (non-hydrogen) atoms. The molecule has 0 rings (SSSR count). The Hall–Kier alpha value is -0.450. The fourth-order valence-electron chi connectivity index (χ4n) is 1.52. The summed E-state index contributed by atoms with van der Waals surface area (Å²) < 4.78 is 11.9. The Morgan fingerprint density at radius 1 is 1.53 bits per heavy atom. The third-order valence-electron chi connectivity index (χ3n) is 1.95. The van der Waals surface area contributed by atoms with Gasteiger partial charge in [0, 0.05) is 23.1 Å². The van der Waals surface area contributed by atoms with Crippen LogP contribution in [-0.2, 0) is 0 Å². The van der Waals surface area contributed by atoms with Crippen molar-refractivity contribution in [1.82, 2.24) is 4.90 Å². The third kappa shape index (κ3) is 5.25. The van der Waals surface area contributed by atoms with E-state index in [1.54, 1.807) is 0 Å². The molecular formula is C10H20FNO2S. The number of thioether (sulfide) groups is 1. The molecule has 1 unspecified atom stereocenters. The molecule has 0 saturated heterocycles. The van der Waals surface area contributed by atoms with E-state index in [9.17, 15) is 9.18 Å². The highest BCUT2D eigenvalue weighted by molar-refractivity contribution is 7.99. The molecule has 0 heterocycles. The van der Waals surface area contributed by atoms with Crippen LogP contribution in [0.15, 0.2) is 0 Å². The van der Waals surface area contributed by atoms with Crippen molar-refractivity contribution in [2.24, 2.45) is 0 Å². The smallest absolute Gasteiger partial charge is 0.407 e. The molecule has 0 fully saturated rings. The number of nitrogens with zero attached hydrogens (tertiary/aromatic N) is 1. The molecule has 0 radical (unpaired) electrons. The third-order valence-corrected chi connectivity index (χ3v) is 3.11.